The van der Waals surface area contributed by atoms with E-state index in [4.69, 9.17) is 5.11 Å². The first-order valence-corrected chi connectivity index (χ1v) is 7.01. The third-order valence-corrected chi connectivity index (χ3v) is 3.93. The highest BCUT2D eigenvalue weighted by Crippen LogP contribution is 2.28. The maximum atomic E-state index is 10.9. The summed E-state index contributed by atoms with van der Waals surface area (Å²) in [6, 6.07) is 3.37. The molecular formula is C15H22N2O2. The molecule has 1 aromatic heterocycles. The van der Waals surface area contributed by atoms with Crippen molar-refractivity contribution in [3.8, 4) is 0 Å². The molecule has 0 aromatic carbocycles. The molecule has 1 heterocycles. The zero-order chi connectivity index (χ0) is 13.8. The number of carboxylic acids is 1. The zero-order valence-electron chi connectivity index (χ0n) is 11.6. The number of nitrogens with zero attached hydrogens (tertiary/aromatic N) is 1. The molecule has 1 aliphatic rings. The first-order valence-electron chi connectivity index (χ1n) is 7.01. The molecule has 1 saturated carbocycles. The number of anilines is 1. The molecule has 2 rings (SSSR count). The van der Waals surface area contributed by atoms with Crippen LogP contribution in [0, 0.1) is 18.8 Å². The number of nitrogens with one attached hydrogen (secondary N) is 1. The van der Waals surface area contributed by atoms with Gasteiger partial charge >= 0.3 is 5.97 Å². The number of aryl methyl sites for hydroxylation is 1. The third-order valence-electron chi connectivity index (χ3n) is 3.93. The second kappa shape index (κ2) is 6.04. The van der Waals surface area contributed by atoms with Crippen LogP contribution < -0.4 is 5.32 Å². The Balaban J connectivity index is 1.92. The lowest BCUT2D eigenvalue weighted by Crippen LogP contribution is -2.21. The van der Waals surface area contributed by atoms with Crippen molar-refractivity contribution in [2.24, 2.45) is 11.8 Å². The molecular weight excluding hydrogens is 240 g/mol. The highest BCUT2D eigenvalue weighted by molar-refractivity contribution is 5.89. The summed E-state index contributed by atoms with van der Waals surface area (Å²) in [6.07, 6.45) is 5.22. The van der Waals surface area contributed by atoms with Gasteiger partial charge in [0.2, 0.25) is 0 Å². The Bertz CT molecular complexity index is 459. The predicted molar refractivity (Wildman–Crippen MR) is 75.5 cm³/mol. The fourth-order valence-electron chi connectivity index (χ4n) is 2.88. The second-order valence-corrected chi connectivity index (χ2v) is 5.65. The van der Waals surface area contributed by atoms with Crippen molar-refractivity contribution in [2.75, 3.05) is 11.9 Å². The highest BCUT2D eigenvalue weighted by atomic mass is 16.4. The van der Waals surface area contributed by atoms with E-state index < -0.39 is 5.97 Å². The van der Waals surface area contributed by atoms with Gasteiger partial charge in [0.25, 0.3) is 0 Å². The minimum atomic E-state index is -0.919. The van der Waals surface area contributed by atoms with Crippen LogP contribution in [0.25, 0.3) is 0 Å². The Kier molecular flexibility index (Phi) is 4.40. The van der Waals surface area contributed by atoms with Crippen molar-refractivity contribution in [1.82, 2.24) is 4.98 Å². The molecule has 19 heavy (non-hydrogen) atoms. The van der Waals surface area contributed by atoms with E-state index in [1.165, 1.54) is 25.7 Å². The summed E-state index contributed by atoms with van der Waals surface area (Å²) in [7, 11) is 0. The molecule has 0 aliphatic heterocycles. The Morgan fingerprint density at radius 3 is 2.89 bits per heavy atom. The summed E-state index contributed by atoms with van der Waals surface area (Å²) >= 11 is 0. The van der Waals surface area contributed by atoms with Crippen LogP contribution in [0.3, 0.4) is 0 Å². The van der Waals surface area contributed by atoms with E-state index >= 15 is 0 Å². The van der Waals surface area contributed by atoms with Gasteiger partial charge in [0.1, 0.15) is 5.82 Å². The average Bonchev–Trinajstić information content (AvgIpc) is 2.36. The lowest BCUT2D eigenvalue weighted by molar-refractivity contribution is 0.0695. The van der Waals surface area contributed by atoms with Gasteiger partial charge in [0.05, 0.1) is 11.3 Å². The van der Waals surface area contributed by atoms with E-state index in [1.807, 2.05) is 0 Å². The molecule has 0 amide bonds. The smallest absolute Gasteiger partial charge is 0.337 e. The number of aromatic nitrogens is 1. The van der Waals surface area contributed by atoms with Crippen molar-refractivity contribution in [3.05, 3.63) is 23.4 Å². The summed E-state index contributed by atoms with van der Waals surface area (Å²) in [5.74, 6) is 1.40. The fourth-order valence-corrected chi connectivity index (χ4v) is 2.88. The normalized spacial score (nSPS) is 23.1. The van der Waals surface area contributed by atoms with Crippen LogP contribution in [0.4, 0.5) is 5.82 Å². The van der Waals surface area contributed by atoms with E-state index in [9.17, 15) is 4.79 Å². The number of aromatic carboxylic acids is 1. The average molecular weight is 262 g/mol. The number of pyridine rings is 1. The maximum Gasteiger partial charge on any atom is 0.337 e. The van der Waals surface area contributed by atoms with E-state index in [0.717, 1.165) is 18.3 Å². The summed E-state index contributed by atoms with van der Waals surface area (Å²) in [5, 5.41) is 12.3. The van der Waals surface area contributed by atoms with Gasteiger partial charge in [-0.15, -0.1) is 0 Å². The van der Waals surface area contributed by atoms with Gasteiger partial charge in [-0.25, -0.2) is 9.78 Å². The van der Waals surface area contributed by atoms with Crippen LogP contribution in [0.5, 0.6) is 0 Å². The van der Waals surface area contributed by atoms with Crippen molar-refractivity contribution in [3.63, 3.8) is 0 Å². The van der Waals surface area contributed by atoms with Gasteiger partial charge < -0.3 is 10.4 Å². The first-order chi connectivity index (χ1) is 9.06. The SMILES string of the molecule is Cc1nc(NCC2CCCC(C)C2)ccc1C(=O)O. The summed E-state index contributed by atoms with van der Waals surface area (Å²) < 4.78 is 0. The quantitative estimate of drug-likeness (QED) is 0.873. The Morgan fingerprint density at radius 2 is 2.26 bits per heavy atom. The molecule has 0 bridgehead atoms. The number of rotatable bonds is 4. The largest absolute Gasteiger partial charge is 0.478 e. The van der Waals surface area contributed by atoms with E-state index in [2.05, 4.69) is 17.2 Å². The van der Waals surface area contributed by atoms with Gasteiger partial charge in [-0.05, 0) is 43.7 Å². The van der Waals surface area contributed by atoms with E-state index in [-0.39, 0.29) is 5.56 Å². The molecule has 2 N–H and O–H groups in total. The molecule has 104 valence electrons. The van der Waals surface area contributed by atoms with Crippen molar-refractivity contribution in [1.29, 1.82) is 0 Å². The first kappa shape index (κ1) is 13.8. The molecule has 0 spiro atoms. The minimum absolute atomic E-state index is 0.275. The molecule has 4 nitrogen and oxygen atoms in total. The summed E-state index contributed by atoms with van der Waals surface area (Å²) in [6.45, 7) is 4.98. The molecule has 2 unspecified atom stereocenters. The zero-order valence-corrected chi connectivity index (χ0v) is 11.6. The van der Waals surface area contributed by atoms with Gasteiger partial charge in [0.15, 0.2) is 0 Å². The van der Waals surface area contributed by atoms with Crippen molar-refractivity contribution < 1.29 is 9.90 Å². The second-order valence-electron chi connectivity index (χ2n) is 5.65. The summed E-state index contributed by atoms with van der Waals surface area (Å²) in [4.78, 5) is 15.2. The molecule has 4 heteroatoms. The lowest BCUT2D eigenvalue weighted by Gasteiger charge is -2.27. The summed E-state index contributed by atoms with van der Waals surface area (Å²) in [5.41, 5.74) is 0.839. The standard InChI is InChI=1S/C15H22N2O2/c1-10-4-3-5-12(8-10)9-16-14-7-6-13(15(18)19)11(2)17-14/h6-7,10,12H,3-5,8-9H2,1-2H3,(H,16,17)(H,18,19). The minimum Gasteiger partial charge on any atom is -0.478 e. The topological polar surface area (TPSA) is 62.2 Å². The van der Waals surface area contributed by atoms with Crippen LogP contribution >= 0.6 is 0 Å². The monoisotopic (exact) mass is 262 g/mol. The molecule has 2 atom stereocenters. The van der Waals surface area contributed by atoms with Crippen LogP contribution in [-0.2, 0) is 0 Å². The Morgan fingerprint density at radius 1 is 1.47 bits per heavy atom. The lowest BCUT2D eigenvalue weighted by atomic mass is 9.82. The molecule has 0 saturated heterocycles. The molecule has 1 aromatic rings. The predicted octanol–water partition coefficient (Wildman–Crippen LogP) is 3.33. The van der Waals surface area contributed by atoms with Crippen molar-refractivity contribution in [2.45, 2.75) is 39.5 Å². The van der Waals surface area contributed by atoms with Gasteiger partial charge in [0, 0.05) is 6.54 Å². The molecule has 0 radical (unpaired) electrons. The third kappa shape index (κ3) is 3.69. The van der Waals surface area contributed by atoms with Crippen LogP contribution in [-0.4, -0.2) is 22.6 Å². The molecule has 1 aliphatic carbocycles. The highest BCUT2D eigenvalue weighted by Gasteiger charge is 2.18. The maximum absolute atomic E-state index is 10.9. The van der Waals surface area contributed by atoms with Crippen LogP contribution in [0.15, 0.2) is 12.1 Å². The van der Waals surface area contributed by atoms with Gasteiger partial charge in [-0.3, -0.25) is 0 Å². The fraction of sp³-hybridized carbons (Fsp3) is 0.600. The van der Waals surface area contributed by atoms with E-state index in [0.29, 0.717) is 11.6 Å². The van der Waals surface area contributed by atoms with Gasteiger partial charge in [-0.1, -0.05) is 19.8 Å². The Labute approximate surface area is 114 Å². The molecule has 1 fully saturated rings. The number of carboxylic acid groups (broad SMARTS) is 1. The number of hydrogen-bond acceptors (Lipinski definition) is 3. The number of carbonyl (C=O) groups is 1. The Hall–Kier alpha value is -1.58. The van der Waals surface area contributed by atoms with Crippen LogP contribution in [0.2, 0.25) is 0 Å². The van der Waals surface area contributed by atoms with Crippen molar-refractivity contribution >= 4 is 11.8 Å². The van der Waals surface area contributed by atoms with E-state index in [1.54, 1.807) is 19.1 Å². The van der Waals surface area contributed by atoms with Crippen LogP contribution in [0.1, 0.15) is 48.7 Å². The number of hydrogen-bond donors (Lipinski definition) is 2. The van der Waals surface area contributed by atoms with Gasteiger partial charge in [-0.2, -0.15) is 0 Å².